The molecule has 1 N–H and O–H groups in total. The maximum atomic E-state index is 13.0. The summed E-state index contributed by atoms with van der Waals surface area (Å²) in [7, 11) is 0. The molecule has 1 aliphatic rings. The van der Waals surface area contributed by atoms with Crippen molar-refractivity contribution in [1.82, 2.24) is 4.98 Å². The molecule has 3 amide bonds. The van der Waals surface area contributed by atoms with Crippen molar-refractivity contribution in [1.29, 1.82) is 0 Å². The van der Waals surface area contributed by atoms with Crippen LogP contribution in [0.15, 0.2) is 60.8 Å². The lowest BCUT2D eigenvalue weighted by Crippen LogP contribution is -2.30. The lowest BCUT2D eigenvalue weighted by Gasteiger charge is -2.17. The molecule has 0 fully saturated rings. The minimum absolute atomic E-state index is 0.222. The number of benzene rings is 2. The molecule has 6 heteroatoms. The zero-order valence-corrected chi connectivity index (χ0v) is 15.4. The van der Waals surface area contributed by atoms with Crippen LogP contribution in [0.25, 0.3) is 0 Å². The van der Waals surface area contributed by atoms with E-state index < -0.39 is 11.8 Å². The normalized spacial score (nSPS) is 12.9. The molecule has 0 atom stereocenters. The molecule has 138 valence electrons. The van der Waals surface area contributed by atoms with Crippen LogP contribution in [-0.2, 0) is 0 Å². The van der Waals surface area contributed by atoms with Crippen LogP contribution in [-0.4, -0.2) is 22.7 Å². The van der Waals surface area contributed by atoms with Crippen molar-refractivity contribution in [3.63, 3.8) is 0 Å². The number of carbonyl (C=O) groups excluding carboxylic acids is 3. The van der Waals surface area contributed by atoms with Gasteiger partial charge in [-0.3, -0.25) is 14.4 Å². The van der Waals surface area contributed by atoms with Gasteiger partial charge in [-0.15, -0.1) is 0 Å². The number of fused-ring (bicyclic) bond motifs is 1. The maximum absolute atomic E-state index is 13.0. The van der Waals surface area contributed by atoms with Crippen LogP contribution in [0.2, 0.25) is 0 Å². The molecule has 2 aromatic carbocycles. The topological polar surface area (TPSA) is 79.4 Å². The Morgan fingerprint density at radius 1 is 0.929 bits per heavy atom. The van der Waals surface area contributed by atoms with Gasteiger partial charge in [-0.05, 0) is 61.4 Å². The van der Waals surface area contributed by atoms with Gasteiger partial charge in [0.1, 0.15) is 5.82 Å². The first-order valence-electron chi connectivity index (χ1n) is 8.79. The van der Waals surface area contributed by atoms with Gasteiger partial charge in [0.05, 0.1) is 16.8 Å². The highest BCUT2D eigenvalue weighted by Gasteiger charge is 2.37. The minimum atomic E-state index is -0.429. The van der Waals surface area contributed by atoms with Gasteiger partial charge in [-0.1, -0.05) is 18.2 Å². The Balaban J connectivity index is 1.68. The second-order valence-electron chi connectivity index (χ2n) is 6.59. The summed E-state index contributed by atoms with van der Waals surface area (Å²) in [5.74, 6) is -0.800. The second kappa shape index (κ2) is 6.74. The lowest BCUT2D eigenvalue weighted by molar-refractivity contribution is 0.0925. The van der Waals surface area contributed by atoms with Crippen molar-refractivity contribution < 1.29 is 14.4 Å². The van der Waals surface area contributed by atoms with Crippen LogP contribution in [0, 0.1) is 13.8 Å². The van der Waals surface area contributed by atoms with Gasteiger partial charge in [0, 0.05) is 11.8 Å². The number of hydrogen-bond donors (Lipinski definition) is 1. The number of pyridine rings is 1. The molecule has 0 saturated heterocycles. The van der Waals surface area contributed by atoms with Gasteiger partial charge in [0.15, 0.2) is 0 Å². The number of amides is 3. The zero-order valence-electron chi connectivity index (χ0n) is 15.4. The maximum Gasteiger partial charge on any atom is 0.266 e. The Hall–Kier alpha value is -3.80. The molecular weight excluding hydrogens is 354 g/mol. The van der Waals surface area contributed by atoms with Gasteiger partial charge >= 0.3 is 0 Å². The zero-order chi connectivity index (χ0) is 19.8. The van der Waals surface area contributed by atoms with Gasteiger partial charge in [-0.25, -0.2) is 9.88 Å². The number of aromatic nitrogens is 1. The summed E-state index contributed by atoms with van der Waals surface area (Å²) in [6.45, 7) is 3.80. The molecule has 6 nitrogen and oxygen atoms in total. The number of rotatable bonds is 3. The predicted octanol–water partition coefficient (Wildman–Crippen LogP) is 3.75. The number of hydrogen-bond acceptors (Lipinski definition) is 4. The molecule has 28 heavy (non-hydrogen) atoms. The predicted molar refractivity (Wildman–Crippen MR) is 106 cm³/mol. The van der Waals surface area contributed by atoms with Crippen LogP contribution in [0.5, 0.6) is 0 Å². The summed E-state index contributed by atoms with van der Waals surface area (Å²) in [5.41, 5.74) is 3.22. The Morgan fingerprint density at radius 3 is 2.46 bits per heavy atom. The van der Waals surface area contributed by atoms with E-state index in [-0.39, 0.29) is 17.0 Å². The Labute approximate surface area is 161 Å². The van der Waals surface area contributed by atoms with Crippen molar-refractivity contribution in [3.8, 4) is 0 Å². The number of nitrogens with zero attached hydrogens (tertiary/aromatic N) is 2. The van der Waals surface area contributed by atoms with Crippen molar-refractivity contribution >= 4 is 29.2 Å². The molecule has 0 bridgehead atoms. The minimum Gasteiger partial charge on any atom is -0.307 e. The number of imide groups is 1. The average Bonchev–Trinajstić information content (AvgIpc) is 2.95. The highest BCUT2D eigenvalue weighted by molar-refractivity contribution is 6.35. The van der Waals surface area contributed by atoms with E-state index in [0.717, 1.165) is 11.1 Å². The molecule has 1 aliphatic heterocycles. The number of anilines is 2. The van der Waals surface area contributed by atoms with Gasteiger partial charge in [0.25, 0.3) is 17.7 Å². The van der Waals surface area contributed by atoms with E-state index in [9.17, 15) is 14.4 Å². The first kappa shape index (κ1) is 17.6. The van der Waals surface area contributed by atoms with E-state index in [1.54, 1.807) is 30.5 Å². The van der Waals surface area contributed by atoms with Crippen molar-refractivity contribution in [2.45, 2.75) is 13.8 Å². The standard InChI is InChI=1S/C22H17N3O3/c1-13-6-5-7-18(14(13)2)25-21(27)16-10-9-15(12-17(16)22(25)28)20(26)24-19-8-3-4-11-23-19/h3-12H,1-2H3,(H,23,24,26). The molecule has 0 spiro atoms. The summed E-state index contributed by atoms with van der Waals surface area (Å²) in [6, 6.07) is 15.2. The number of carbonyl (C=O) groups is 3. The Bertz CT molecular complexity index is 1120. The highest BCUT2D eigenvalue weighted by Crippen LogP contribution is 2.32. The fraction of sp³-hybridized carbons (Fsp3) is 0.0909. The van der Waals surface area contributed by atoms with Crippen LogP contribution >= 0.6 is 0 Å². The number of nitrogens with one attached hydrogen (secondary N) is 1. The van der Waals surface area contributed by atoms with Crippen LogP contribution in [0.3, 0.4) is 0 Å². The molecular formula is C22H17N3O3. The molecule has 0 radical (unpaired) electrons. The van der Waals surface area contributed by atoms with Crippen LogP contribution in [0.1, 0.15) is 42.2 Å². The second-order valence-corrected chi connectivity index (χ2v) is 6.59. The van der Waals surface area contributed by atoms with Crippen molar-refractivity contribution in [2.24, 2.45) is 0 Å². The summed E-state index contributed by atoms with van der Waals surface area (Å²) in [6.07, 6.45) is 1.57. The Morgan fingerprint density at radius 2 is 1.71 bits per heavy atom. The smallest absolute Gasteiger partial charge is 0.266 e. The quantitative estimate of drug-likeness (QED) is 0.711. The van der Waals surface area contributed by atoms with E-state index in [1.165, 1.54) is 23.1 Å². The molecule has 1 aromatic heterocycles. The first-order valence-corrected chi connectivity index (χ1v) is 8.79. The largest absolute Gasteiger partial charge is 0.307 e. The van der Waals surface area contributed by atoms with Gasteiger partial charge in [-0.2, -0.15) is 0 Å². The van der Waals surface area contributed by atoms with Crippen LogP contribution in [0.4, 0.5) is 11.5 Å². The summed E-state index contributed by atoms with van der Waals surface area (Å²) in [4.78, 5) is 43.5. The van der Waals surface area contributed by atoms with Gasteiger partial charge in [0.2, 0.25) is 0 Å². The number of aryl methyl sites for hydroxylation is 1. The third kappa shape index (κ3) is 2.85. The van der Waals surface area contributed by atoms with E-state index in [1.807, 2.05) is 26.0 Å². The fourth-order valence-electron chi connectivity index (χ4n) is 3.20. The van der Waals surface area contributed by atoms with Crippen molar-refractivity contribution in [3.05, 3.63) is 88.6 Å². The van der Waals surface area contributed by atoms with Crippen LogP contribution < -0.4 is 10.2 Å². The molecule has 0 aliphatic carbocycles. The monoisotopic (exact) mass is 371 g/mol. The third-order valence-electron chi connectivity index (χ3n) is 4.87. The molecule has 0 saturated carbocycles. The molecule has 2 heterocycles. The molecule has 4 rings (SSSR count). The summed E-state index contributed by atoms with van der Waals surface area (Å²) < 4.78 is 0. The fourth-order valence-corrected chi connectivity index (χ4v) is 3.20. The first-order chi connectivity index (χ1) is 13.5. The summed E-state index contributed by atoms with van der Waals surface area (Å²) in [5, 5.41) is 2.68. The van der Waals surface area contributed by atoms with E-state index >= 15 is 0 Å². The third-order valence-corrected chi connectivity index (χ3v) is 4.87. The SMILES string of the molecule is Cc1cccc(N2C(=O)c3ccc(C(=O)Nc4ccccn4)cc3C2=O)c1C. The summed E-state index contributed by atoms with van der Waals surface area (Å²) >= 11 is 0. The average molecular weight is 371 g/mol. The van der Waals surface area contributed by atoms with E-state index in [0.29, 0.717) is 17.1 Å². The van der Waals surface area contributed by atoms with E-state index in [2.05, 4.69) is 10.3 Å². The highest BCUT2D eigenvalue weighted by atomic mass is 16.2. The Kier molecular flexibility index (Phi) is 4.24. The molecule has 0 unspecified atom stereocenters. The molecule has 3 aromatic rings. The van der Waals surface area contributed by atoms with E-state index in [4.69, 9.17) is 0 Å². The lowest BCUT2D eigenvalue weighted by atomic mass is 10.1. The van der Waals surface area contributed by atoms with Crippen molar-refractivity contribution in [2.75, 3.05) is 10.2 Å². The van der Waals surface area contributed by atoms with Gasteiger partial charge < -0.3 is 5.32 Å².